The molecule has 2 aromatic carbocycles. The molecule has 0 bridgehead atoms. The van der Waals surface area contributed by atoms with Gasteiger partial charge >= 0.3 is 0 Å². The van der Waals surface area contributed by atoms with Crippen molar-refractivity contribution in [3.63, 3.8) is 0 Å². The van der Waals surface area contributed by atoms with E-state index in [2.05, 4.69) is 15.3 Å². The van der Waals surface area contributed by atoms with Gasteiger partial charge in [0.1, 0.15) is 0 Å². The lowest BCUT2D eigenvalue weighted by Gasteiger charge is -2.14. The first-order chi connectivity index (χ1) is 14.1. The van der Waals surface area contributed by atoms with Crippen molar-refractivity contribution < 1.29 is 9.90 Å². The van der Waals surface area contributed by atoms with Gasteiger partial charge in [0, 0.05) is 23.7 Å². The molecule has 1 heterocycles. The van der Waals surface area contributed by atoms with Crippen molar-refractivity contribution in [2.24, 2.45) is 0 Å². The number of benzene rings is 2. The van der Waals surface area contributed by atoms with Crippen LogP contribution in [0.5, 0.6) is 0 Å². The van der Waals surface area contributed by atoms with E-state index in [9.17, 15) is 4.79 Å². The lowest BCUT2D eigenvalue weighted by molar-refractivity contribution is 0.0954. The lowest BCUT2D eigenvalue weighted by atomic mass is 9.98. The summed E-state index contributed by atoms with van der Waals surface area (Å²) in [5, 5.41) is 12.7. The number of nitrogen functional groups attached to an aromatic ring is 1. The molecule has 6 heteroatoms. The molecule has 0 spiro atoms. The molecule has 0 saturated heterocycles. The Labute approximate surface area is 171 Å². The van der Waals surface area contributed by atoms with Gasteiger partial charge in [-0.3, -0.25) is 4.79 Å². The highest BCUT2D eigenvalue weighted by atomic mass is 16.3. The molecule has 4 N–H and O–H groups in total. The van der Waals surface area contributed by atoms with Crippen molar-refractivity contribution in [3.8, 4) is 0 Å². The summed E-state index contributed by atoms with van der Waals surface area (Å²) in [7, 11) is 0. The molecule has 29 heavy (non-hydrogen) atoms. The zero-order valence-corrected chi connectivity index (χ0v) is 16.6. The van der Waals surface area contributed by atoms with Gasteiger partial charge in [0.2, 0.25) is 5.95 Å². The van der Waals surface area contributed by atoms with Gasteiger partial charge in [0.15, 0.2) is 0 Å². The van der Waals surface area contributed by atoms with Crippen LogP contribution in [0.2, 0.25) is 0 Å². The number of rotatable bonds is 4. The number of hydrogen-bond acceptors (Lipinski definition) is 5. The molecule has 152 valence electrons. The second-order valence-electron chi connectivity index (χ2n) is 7.29. The Morgan fingerprint density at radius 3 is 2.55 bits per heavy atom. The molecule has 6 nitrogen and oxygen atoms in total. The van der Waals surface area contributed by atoms with Gasteiger partial charge in [0.25, 0.3) is 5.91 Å². The molecule has 0 aliphatic heterocycles. The molecule has 0 radical (unpaired) electrons. The standard InChI is InChI=1S/C17H16N4O.C6H12O/c18-17-20-11-14-7-6-13(10-15(14)21-17)16(22)19-9-8-12-4-2-1-3-5-12;7-6-4-2-1-3-5-6/h1-7,10-11H,8-9H2,(H,19,22)(H2,18,20,21);6-7H,1-5H2. The Morgan fingerprint density at radius 2 is 1.86 bits per heavy atom. The van der Waals surface area contributed by atoms with Crippen LogP contribution in [0.4, 0.5) is 5.95 Å². The van der Waals surface area contributed by atoms with Crippen LogP contribution in [0.3, 0.4) is 0 Å². The minimum absolute atomic E-state index is 0.0359. The minimum Gasteiger partial charge on any atom is -0.393 e. The first kappa shape index (κ1) is 20.7. The summed E-state index contributed by atoms with van der Waals surface area (Å²) in [5.74, 6) is 0.0872. The van der Waals surface area contributed by atoms with Crippen molar-refractivity contribution in [2.75, 3.05) is 12.3 Å². The number of carbonyl (C=O) groups excluding carboxylic acids is 1. The zero-order chi connectivity index (χ0) is 20.5. The van der Waals surface area contributed by atoms with Gasteiger partial charge in [-0.15, -0.1) is 0 Å². The average molecular weight is 393 g/mol. The molecule has 0 unspecified atom stereocenters. The van der Waals surface area contributed by atoms with Gasteiger partial charge < -0.3 is 16.2 Å². The third-order valence-electron chi connectivity index (χ3n) is 4.98. The second kappa shape index (κ2) is 10.5. The summed E-state index contributed by atoms with van der Waals surface area (Å²) >= 11 is 0. The summed E-state index contributed by atoms with van der Waals surface area (Å²) in [5.41, 5.74) is 8.01. The predicted molar refractivity (Wildman–Crippen MR) is 116 cm³/mol. The summed E-state index contributed by atoms with van der Waals surface area (Å²) in [4.78, 5) is 20.2. The fourth-order valence-corrected chi connectivity index (χ4v) is 3.33. The minimum atomic E-state index is -0.116. The number of nitrogens with two attached hydrogens (primary N) is 1. The number of fused-ring (bicyclic) bond motifs is 1. The first-order valence-corrected chi connectivity index (χ1v) is 10.1. The number of aliphatic hydroxyl groups is 1. The summed E-state index contributed by atoms with van der Waals surface area (Å²) in [6.45, 7) is 0.590. The lowest BCUT2D eigenvalue weighted by Crippen LogP contribution is -2.25. The molecule has 0 atom stereocenters. The van der Waals surface area contributed by atoms with Gasteiger partial charge in [-0.2, -0.15) is 0 Å². The van der Waals surface area contributed by atoms with Crippen LogP contribution < -0.4 is 11.1 Å². The fourth-order valence-electron chi connectivity index (χ4n) is 3.33. The van der Waals surface area contributed by atoms with E-state index in [1.807, 2.05) is 36.4 Å². The molecule has 3 aromatic rings. The number of nitrogens with one attached hydrogen (secondary N) is 1. The first-order valence-electron chi connectivity index (χ1n) is 10.1. The highest BCUT2D eigenvalue weighted by Gasteiger charge is 2.08. The van der Waals surface area contributed by atoms with Crippen LogP contribution >= 0.6 is 0 Å². The molecule has 1 aliphatic carbocycles. The number of amides is 1. The Balaban J connectivity index is 0.000000290. The molecule has 1 aliphatic rings. The van der Waals surface area contributed by atoms with Gasteiger partial charge in [-0.05, 0) is 37.0 Å². The maximum Gasteiger partial charge on any atom is 0.251 e. The van der Waals surface area contributed by atoms with Crippen molar-refractivity contribution in [1.82, 2.24) is 15.3 Å². The maximum atomic E-state index is 12.2. The van der Waals surface area contributed by atoms with Crippen molar-refractivity contribution in [1.29, 1.82) is 0 Å². The predicted octanol–water partition coefficient (Wildman–Crippen LogP) is 3.50. The van der Waals surface area contributed by atoms with Crippen LogP contribution in [0.1, 0.15) is 48.0 Å². The van der Waals surface area contributed by atoms with E-state index in [0.29, 0.717) is 17.6 Å². The topological polar surface area (TPSA) is 101 Å². The van der Waals surface area contributed by atoms with E-state index in [4.69, 9.17) is 10.8 Å². The third kappa shape index (κ3) is 6.54. The Bertz CT molecular complexity index is 925. The number of nitrogens with zero attached hydrogens (tertiary/aromatic N) is 2. The third-order valence-corrected chi connectivity index (χ3v) is 4.98. The smallest absolute Gasteiger partial charge is 0.251 e. The Hall–Kier alpha value is -2.99. The van der Waals surface area contributed by atoms with Crippen LogP contribution in [0.15, 0.2) is 54.7 Å². The molecule has 1 amide bonds. The number of aliphatic hydroxyl groups excluding tert-OH is 1. The largest absolute Gasteiger partial charge is 0.393 e. The van der Waals surface area contributed by atoms with Crippen molar-refractivity contribution >= 4 is 22.8 Å². The van der Waals surface area contributed by atoms with Gasteiger partial charge in [-0.1, -0.05) is 55.7 Å². The monoisotopic (exact) mass is 392 g/mol. The molecule has 4 rings (SSSR count). The zero-order valence-electron chi connectivity index (χ0n) is 16.6. The highest BCUT2D eigenvalue weighted by Crippen LogP contribution is 2.16. The quantitative estimate of drug-likeness (QED) is 0.631. The van der Waals surface area contributed by atoms with Crippen molar-refractivity contribution in [3.05, 3.63) is 65.9 Å². The van der Waals surface area contributed by atoms with E-state index in [1.165, 1.54) is 24.8 Å². The molecule has 1 fully saturated rings. The van der Waals surface area contributed by atoms with E-state index in [1.54, 1.807) is 18.3 Å². The van der Waals surface area contributed by atoms with Gasteiger partial charge in [0.05, 0.1) is 11.6 Å². The fraction of sp³-hybridized carbons (Fsp3) is 0.348. The van der Waals surface area contributed by atoms with Crippen LogP contribution in [-0.4, -0.2) is 33.6 Å². The van der Waals surface area contributed by atoms with Crippen LogP contribution in [0, 0.1) is 0 Å². The summed E-state index contributed by atoms with van der Waals surface area (Å²) in [6, 6.07) is 15.4. The number of anilines is 1. The summed E-state index contributed by atoms with van der Waals surface area (Å²) in [6.07, 6.45) is 8.37. The van der Waals surface area contributed by atoms with Crippen molar-refractivity contribution in [2.45, 2.75) is 44.6 Å². The molecular weight excluding hydrogens is 364 g/mol. The van der Waals surface area contributed by atoms with Crippen LogP contribution in [-0.2, 0) is 6.42 Å². The number of hydrogen-bond donors (Lipinski definition) is 3. The normalized spacial score (nSPS) is 14.1. The van der Waals surface area contributed by atoms with Crippen LogP contribution in [0.25, 0.3) is 10.9 Å². The second-order valence-corrected chi connectivity index (χ2v) is 7.29. The average Bonchev–Trinajstić information content (AvgIpc) is 2.75. The SMILES string of the molecule is Nc1ncc2ccc(C(=O)NCCc3ccccc3)cc2n1.OC1CCCCC1. The number of carbonyl (C=O) groups is 1. The Morgan fingerprint density at radius 1 is 1.10 bits per heavy atom. The highest BCUT2D eigenvalue weighted by molar-refractivity contribution is 5.97. The van der Waals surface area contributed by atoms with Gasteiger partial charge in [-0.25, -0.2) is 9.97 Å². The van der Waals surface area contributed by atoms with E-state index in [-0.39, 0.29) is 18.0 Å². The Kier molecular flexibility index (Phi) is 7.53. The number of aromatic nitrogens is 2. The van der Waals surface area contributed by atoms with E-state index < -0.39 is 0 Å². The molecule has 1 aromatic heterocycles. The molecular formula is C23H28N4O2. The summed E-state index contributed by atoms with van der Waals surface area (Å²) < 4.78 is 0. The maximum absolute atomic E-state index is 12.2. The van der Waals surface area contributed by atoms with E-state index >= 15 is 0 Å². The van der Waals surface area contributed by atoms with E-state index in [0.717, 1.165) is 24.6 Å². The molecule has 1 saturated carbocycles.